The Bertz CT molecular complexity index is 591. The SMILES string of the molecule is CSc1cc2c(COC3CCCCO3)ccc(C)n2n1. The number of fused-ring (bicyclic) bond motifs is 1. The Hall–Kier alpha value is -1.04. The van der Waals surface area contributed by atoms with Gasteiger partial charge < -0.3 is 9.47 Å². The van der Waals surface area contributed by atoms with Gasteiger partial charge in [0.05, 0.1) is 12.1 Å². The van der Waals surface area contributed by atoms with Gasteiger partial charge in [-0.1, -0.05) is 6.07 Å². The summed E-state index contributed by atoms with van der Waals surface area (Å²) in [5.74, 6) is 0. The van der Waals surface area contributed by atoms with Crippen molar-refractivity contribution in [3.05, 3.63) is 29.5 Å². The van der Waals surface area contributed by atoms with Crippen LogP contribution in [0.2, 0.25) is 0 Å². The molecule has 0 N–H and O–H groups in total. The van der Waals surface area contributed by atoms with E-state index >= 15 is 0 Å². The number of rotatable bonds is 4. The molecular weight excluding hydrogens is 272 g/mol. The molecule has 3 rings (SSSR count). The molecule has 0 bridgehead atoms. The number of ether oxygens (including phenoxy) is 2. The maximum atomic E-state index is 5.89. The van der Waals surface area contributed by atoms with Gasteiger partial charge in [0.1, 0.15) is 5.03 Å². The zero-order chi connectivity index (χ0) is 13.9. The molecule has 1 saturated heterocycles. The van der Waals surface area contributed by atoms with E-state index in [4.69, 9.17) is 9.47 Å². The van der Waals surface area contributed by atoms with Gasteiger partial charge >= 0.3 is 0 Å². The minimum absolute atomic E-state index is 0.0481. The largest absolute Gasteiger partial charge is 0.353 e. The average Bonchev–Trinajstić information content (AvgIpc) is 2.93. The Morgan fingerprint density at radius 3 is 3.10 bits per heavy atom. The van der Waals surface area contributed by atoms with E-state index < -0.39 is 0 Å². The summed E-state index contributed by atoms with van der Waals surface area (Å²) < 4.78 is 13.5. The smallest absolute Gasteiger partial charge is 0.158 e. The molecule has 0 amide bonds. The maximum absolute atomic E-state index is 5.89. The highest BCUT2D eigenvalue weighted by Crippen LogP contribution is 2.22. The summed E-state index contributed by atoms with van der Waals surface area (Å²) in [7, 11) is 0. The Morgan fingerprint density at radius 2 is 2.35 bits per heavy atom. The van der Waals surface area contributed by atoms with Crippen molar-refractivity contribution in [3.8, 4) is 0 Å². The first-order valence-electron chi connectivity index (χ1n) is 7.03. The lowest BCUT2D eigenvalue weighted by Crippen LogP contribution is -2.22. The molecule has 0 saturated carbocycles. The Balaban J connectivity index is 1.80. The van der Waals surface area contributed by atoms with Crippen LogP contribution in [0.1, 0.15) is 30.5 Å². The monoisotopic (exact) mass is 292 g/mol. The summed E-state index contributed by atoms with van der Waals surface area (Å²) in [5, 5.41) is 5.62. The Kier molecular flexibility index (Phi) is 4.29. The van der Waals surface area contributed by atoms with Crippen molar-refractivity contribution in [3.63, 3.8) is 0 Å². The van der Waals surface area contributed by atoms with Crippen LogP contribution >= 0.6 is 11.8 Å². The first kappa shape index (κ1) is 13.9. The van der Waals surface area contributed by atoms with Gasteiger partial charge in [-0.3, -0.25) is 0 Å². The van der Waals surface area contributed by atoms with E-state index in [1.807, 2.05) is 10.8 Å². The van der Waals surface area contributed by atoms with E-state index in [1.54, 1.807) is 11.8 Å². The van der Waals surface area contributed by atoms with E-state index in [0.717, 1.165) is 41.2 Å². The van der Waals surface area contributed by atoms with Crippen molar-refractivity contribution in [2.75, 3.05) is 12.9 Å². The molecule has 3 heterocycles. The van der Waals surface area contributed by atoms with E-state index in [9.17, 15) is 0 Å². The number of pyridine rings is 1. The average molecular weight is 292 g/mol. The van der Waals surface area contributed by atoms with Gasteiger partial charge in [0.25, 0.3) is 0 Å². The molecule has 108 valence electrons. The van der Waals surface area contributed by atoms with E-state index in [0.29, 0.717) is 6.61 Å². The quantitative estimate of drug-likeness (QED) is 0.809. The maximum Gasteiger partial charge on any atom is 0.158 e. The van der Waals surface area contributed by atoms with E-state index in [2.05, 4.69) is 30.2 Å². The molecular formula is C15H20N2O2S. The second-order valence-electron chi connectivity index (χ2n) is 5.09. The zero-order valence-corrected chi connectivity index (χ0v) is 12.8. The number of nitrogens with zero attached hydrogens (tertiary/aromatic N) is 2. The molecule has 1 aliphatic rings. The summed E-state index contributed by atoms with van der Waals surface area (Å²) in [5.41, 5.74) is 3.43. The van der Waals surface area contributed by atoms with Gasteiger partial charge in [0, 0.05) is 17.9 Å². The van der Waals surface area contributed by atoms with Gasteiger partial charge in [0.2, 0.25) is 0 Å². The Morgan fingerprint density at radius 1 is 1.45 bits per heavy atom. The molecule has 0 spiro atoms. The minimum atomic E-state index is -0.0481. The predicted octanol–water partition coefficient (Wildman–Crippen LogP) is 3.41. The van der Waals surface area contributed by atoms with Crippen LogP contribution < -0.4 is 0 Å². The standard InChI is InChI=1S/C15H20N2O2S/c1-11-6-7-12(10-19-15-5-3-4-8-18-15)13-9-14(20-2)16-17(11)13/h6-7,9,15H,3-5,8,10H2,1-2H3. The topological polar surface area (TPSA) is 35.8 Å². The van der Waals surface area contributed by atoms with Crippen molar-refractivity contribution in [2.24, 2.45) is 0 Å². The lowest BCUT2D eigenvalue weighted by molar-refractivity contribution is -0.168. The third-order valence-electron chi connectivity index (χ3n) is 3.65. The molecule has 1 fully saturated rings. The summed E-state index contributed by atoms with van der Waals surface area (Å²) in [6, 6.07) is 6.34. The fraction of sp³-hybridized carbons (Fsp3) is 0.533. The molecule has 20 heavy (non-hydrogen) atoms. The second kappa shape index (κ2) is 6.16. The number of aryl methyl sites for hydroxylation is 1. The molecule has 1 aliphatic heterocycles. The highest BCUT2D eigenvalue weighted by Gasteiger charge is 2.15. The van der Waals surface area contributed by atoms with Crippen LogP contribution in [0.3, 0.4) is 0 Å². The number of hydrogen-bond donors (Lipinski definition) is 0. The summed E-state index contributed by atoms with van der Waals surface area (Å²) >= 11 is 1.66. The molecule has 1 atom stereocenters. The lowest BCUT2D eigenvalue weighted by atomic mass is 10.2. The lowest BCUT2D eigenvalue weighted by Gasteiger charge is -2.22. The van der Waals surface area contributed by atoms with Crippen molar-refractivity contribution in [1.82, 2.24) is 9.61 Å². The molecule has 2 aromatic rings. The van der Waals surface area contributed by atoms with Crippen molar-refractivity contribution in [1.29, 1.82) is 0 Å². The molecule has 0 radical (unpaired) electrons. The molecule has 1 unspecified atom stereocenters. The normalized spacial score (nSPS) is 19.6. The third kappa shape index (κ3) is 2.85. The highest BCUT2D eigenvalue weighted by molar-refractivity contribution is 7.98. The predicted molar refractivity (Wildman–Crippen MR) is 80.1 cm³/mol. The first-order valence-corrected chi connectivity index (χ1v) is 8.26. The van der Waals surface area contributed by atoms with Crippen molar-refractivity contribution >= 4 is 17.3 Å². The van der Waals surface area contributed by atoms with Gasteiger partial charge in [0.15, 0.2) is 6.29 Å². The van der Waals surface area contributed by atoms with Crippen LogP contribution in [-0.2, 0) is 16.1 Å². The summed E-state index contributed by atoms with van der Waals surface area (Å²) in [6.45, 7) is 3.46. The fourth-order valence-electron chi connectivity index (χ4n) is 2.48. The molecule has 4 nitrogen and oxygen atoms in total. The number of aromatic nitrogens is 2. The summed E-state index contributed by atoms with van der Waals surface area (Å²) in [6.07, 6.45) is 5.33. The zero-order valence-electron chi connectivity index (χ0n) is 12.0. The highest BCUT2D eigenvalue weighted by atomic mass is 32.2. The molecule has 2 aromatic heterocycles. The van der Waals surface area contributed by atoms with Crippen LogP contribution in [0, 0.1) is 6.92 Å². The molecule has 0 aromatic carbocycles. The number of thioether (sulfide) groups is 1. The van der Waals surface area contributed by atoms with Crippen molar-refractivity contribution in [2.45, 2.75) is 44.1 Å². The van der Waals surface area contributed by atoms with E-state index in [-0.39, 0.29) is 6.29 Å². The van der Waals surface area contributed by atoms with Crippen molar-refractivity contribution < 1.29 is 9.47 Å². The second-order valence-corrected chi connectivity index (χ2v) is 5.92. The van der Waals surface area contributed by atoms with Gasteiger partial charge in [-0.15, -0.1) is 11.8 Å². The van der Waals surface area contributed by atoms with Crippen LogP contribution in [0.5, 0.6) is 0 Å². The third-order valence-corrected chi connectivity index (χ3v) is 4.27. The summed E-state index contributed by atoms with van der Waals surface area (Å²) in [4.78, 5) is 0. The van der Waals surface area contributed by atoms with Crippen LogP contribution in [0.15, 0.2) is 23.2 Å². The first-order chi connectivity index (χ1) is 9.78. The fourth-order valence-corrected chi connectivity index (χ4v) is 2.87. The van der Waals surface area contributed by atoms with Gasteiger partial charge in [-0.25, -0.2) is 4.52 Å². The van der Waals surface area contributed by atoms with Crippen LogP contribution in [0.25, 0.3) is 5.52 Å². The van der Waals surface area contributed by atoms with Gasteiger partial charge in [-0.2, -0.15) is 5.10 Å². The molecule has 5 heteroatoms. The van der Waals surface area contributed by atoms with Crippen LogP contribution in [-0.4, -0.2) is 28.8 Å². The minimum Gasteiger partial charge on any atom is -0.353 e. The van der Waals surface area contributed by atoms with Gasteiger partial charge in [-0.05, 0) is 44.6 Å². The van der Waals surface area contributed by atoms with E-state index in [1.165, 1.54) is 6.42 Å². The Labute approximate surface area is 123 Å². The molecule has 0 aliphatic carbocycles. The number of hydrogen-bond acceptors (Lipinski definition) is 4. The van der Waals surface area contributed by atoms with Crippen LogP contribution in [0.4, 0.5) is 0 Å².